The maximum Gasteiger partial charge on any atom is 0.338 e. The van der Waals surface area contributed by atoms with Crippen LogP contribution in [0.15, 0.2) is 30.3 Å². The highest BCUT2D eigenvalue weighted by atomic mass is 35.5. The Morgan fingerprint density at radius 2 is 1.95 bits per heavy atom. The van der Waals surface area contributed by atoms with Gasteiger partial charge in [-0.2, -0.15) is 0 Å². The highest BCUT2D eigenvalue weighted by Crippen LogP contribution is 2.03. The van der Waals surface area contributed by atoms with E-state index in [1.165, 1.54) is 25.7 Å². The molecule has 0 aliphatic rings. The number of carbonyl (C=O) groups is 1. The van der Waals surface area contributed by atoms with Crippen molar-refractivity contribution in [2.45, 2.75) is 45.6 Å². The summed E-state index contributed by atoms with van der Waals surface area (Å²) in [5, 5.41) is 3.37. The number of ether oxygens (including phenoxy) is 1. The molecule has 4 heteroatoms. The van der Waals surface area contributed by atoms with Gasteiger partial charge < -0.3 is 10.1 Å². The Morgan fingerprint density at radius 1 is 1.25 bits per heavy atom. The van der Waals surface area contributed by atoms with Crippen LogP contribution in [0.25, 0.3) is 0 Å². The lowest BCUT2D eigenvalue weighted by atomic mass is 10.1. The fraction of sp³-hybridized carbons (Fsp3) is 0.562. The third-order valence-electron chi connectivity index (χ3n) is 3.08. The van der Waals surface area contributed by atoms with Gasteiger partial charge in [0.05, 0.1) is 5.56 Å². The maximum absolute atomic E-state index is 11.7. The summed E-state index contributed by atoms with van der Waals surface area (Å²) in [6.45, 7) is 5.52. The van der Waals surface area contributed by atoms with Crippen molar-refractivity contribution in [3.8, 4) is 0 Å². The molecule has 1 rings (SSSR count). The quantitative estimate of drug-likeness (QED) is 0.556. The predicted octanol–water partition coefficient (Wildman–Crippen LogP) is 3.82. The van der Waals surface area contributed by atoms with Gasteiger partial charge in [0.2, 0.25) is 0 Å². The summed E-state index contributed by atoms with van der Waals surface area (Å²) in [5.41, 5.74) is 0.610. The minimum absolute atomic E-state index is 0. The highest BCUT2D eigenvalue weighted by Gasteiger charge is 2.06. The topological polar surface area (TPSA) is 38.3 Å². The number of esters is 1. The van der Waals surface area contributed by atoms with E-state index >= 15 is 0 Å². The molecule has 0 spiro atoms. The van der Waals surface area contributed by atoms with Crippen LogP contribution in [0.5, 0.6) is 0 Å². The van der Waals surface area contributed by atoms with Gasteiger partial charge in [0.25, 0.3) is 0 Å². The van der Waals surface area contributed by atoms with Gasteiger partial charge in [0, 0.05) is 12.6 Å². The molecule has 0 radical (unpaired) electrons. The van der Waals surface area contributed by atoms with E-state index in [0.717, 1.165) is 0 Å². The van der Waals surface area contributed by atoms with Crippen LogP contribution < -0.4 is 5.32 Å². The van der Waals surface area contributed by atoms with E-state index in [1.807, 2.05) is 18.2 Å². The molecule has 20 heavy (non-hydrogen) atoms. The second-order valence-corrected chi connectivity index (χ2v) is 4.85. The molecule has 0 amide bonds. The Kier molecular flexibility index (Phi) is 11.1. The van der Waals surface area contributed by atoms with Crippen molar-refractivity contribution < 1.29 is 9.53 Å². The van der Waals surface area contributed by atoms with Gasteiger partial charge in [0.1, 0.15) is 6.61 Å². The summed E-state index contributed by atoms with van der Waals surface area (Å²) in [7, 11) is 0. The van der Waals surface area contributed by atoms with E-state index < -0.39 is 0 Å². The molecule has 1 unspecified atom stereocenters. The average Bonchev–Trinajstić information content (AvgIpc) is 2.44. The molecule has 0 saturated heterocycles. The van der Waals surface area contributed by atoms with Crippen LogP contribution in [0.3, 0.4) is 0 Å². The molecule has 1 aromatic rings. The Bertz CT molecular complexity index is 357. The van der Waals surface area contributed by atoms with E-state index in [1.54, 1.807) is 12.1 Å². The Hall–Kier alpha value is -1.06. The van der Waals surface area contributed by atoms with Crippen molar-refractivity contribution in [2.24, 2.45) is 0 Å². The number of unbranched alkanes of at least 4 members (excludes halogenated alkanes) is 2. The standard InChI is InChI=1S/C16H25NO2.ClH/c1-3-4-6-9-14(2)17-12-13-19-16(18)15-10-7-5-8-11-15;/h5,7-8,10-11,14,17H,3-4,6,9,12-13H2,1-2H3;1H. The average molecular weight is 300 g/mol. The molecule has 0 saturated carbocycles. The first kappa shape index (κ1) is 18.9. The van der Waals surface area contributed by atoms with Gasteiger partial charge in [-0.25, -0.2) is 4.79 Å². The van der Waals surface area contributed by atoms with E-state index in [4.69, 9.17) is 4.74 Å². The van der Waals surface area contributed by atoms with Crippen LogP contribution in [0.2, 0.25) is 0 Å². The normalized spacial score (nSPS) is 11.5. The lowest BCUT2D eigenvalue weighted by molar-refractivity contribution is 0.0506. The van der Waals surface area contributed by atoms with Crippen molar-refractivity contribution >= 4 is 18.4 Å². The lowest BCUT2D eigenvalue weighted by Crippen LogP contribution is -2.30. The van der Waals surface area contributed by atoms with Crippen molar-refractivity contribution in [2.75, 3.05) is 13.2 Å². The molecular formula is C16H26ClNO2. The molecular weight excluding hydrogens is 274 g/mol. The second-order valence-electron chi connectivity index (χ2n) is 4.85. The van der Waals surface area contributed by atoms with E-state index in [2.05, 4.69) is 19.2 Å². The van der Waals surface area contributed by atoms with Crippen LogP contribution >= 0.6 is 12.4 Å². The van der Waals surface area contributed by atoms with Crippen molar-refractivity contribution in [3.63, 3.8) is 0 Å². The fourth-order valence-corrected chi connectivity index (χ4v) is 1.91. The van der Waals surface area contributed by atoms with Crippen LogP contribution in [-0.4, -0.2) is 25.2 Å². The van der Waals surface area contributed by atoms with Crippen LogP contribution in [0, 0.1) is 0 Å². The molecule has 1 aromatic carbocycles. The third kappa shape index (κ3) is 8.18. The fourth-order valence-electron chi connectivity index (χ4n) is 1.91. The lowest BCUT2D eigenvalue weighted by Gasteiger charge is -2.13. The van der Waals surface area contributed by atoms with Crippen molar-refractivity contribution in [3.05, 3.63) is 35.9 Å². The largest absolute Gasteiger partial charge is 0.461 e. The molecule has 0 aliphatic heterocycles. The van der Waals surface area contributed by atoms with E-state index in [-0.39, 0.29) is 18.4 Å². The summed E-state index contributed by atoms with van der Waals surface area (Å²) >= 11 is 0. The summed E-state index contributed by atoms with van der Waals surface area (Å²) in [6.07, 6.45) is 4.98. The Labute approximate surface area is 128 Å². The number of hydrogen-bond acceptors (Lipinski definition) is 3. The Morgan fingerprint density at radius 3 is 2.60 bits per heavy atom. The first-order chi connectivity index (χ1) is 9.24. The van der Waals surface area contributed by atoms with Gasteiger partial charge in [-0.3, -0.25) is 0 Å². The highest BCUT2D eigenvalue weighted by molar-refractivity contribution is 5.89. The second kappa shape index (κ2) is 11.7. The van der Waals surface area contributed by atoms with Crippen LogP contribution in [0.1, 0.15) is 49.9 Å². The number of nitrogens with one attached hydrogen (secondary N) is 1. The number of carbonyl (C=O) groups excluding carboxylic acids is 1. The molecule has 0 bridgehead atoms. The zero-order valence-corrected chi connectivity index (χ0v) is 13.2. The summed E-state index contributed by atoms with van der Waals surface area (Å²) in [6, 6.07) is 9.58. The number of halogens is 1. The van der Waals surface area contributed by atoms with Gasteiger partial charge in [-0.15, -0.1) is 12.4 Å². The monoisotopic (exact) mass is 299 g/mol. The van der Waals surface area contributed by atoms with Crippen LogP contribution in [-0.2, 0) is 4.74 Å². The first-order valence-corrected chi connectivity index (χ1v) is 7.19. The summed E-state index contributed by atoms with van der Waals surface area (Å²) in [5.74, 6) is -0.249. The van der Waals surface area contributed by atoms with Crippen LogP contribution in [0.4, 0.5) is 0 Å². The van der Waals surface area contributed by atoms with Gasteiger partial charge in [0.15, 0.2) is 0 Å². The van der Waals surface area contributed by atoms with Gasteiger partial charge in [-0.05, 0) is 25.5 Å². The first-order valence-electron chi connectivity index (χ1n) is 7.19. The molecule has 0 aromatic heterocycles. The van der Waals surface area contributed by atoms with E-state index in [9.17, 15) is 4.79 Å². The zero-order valence-electron chi connectivity index (χ0n) is 12.4. The minimum Gasteiger partial charge on any atom is -0.461 e. The minimum atomic E-state index is -0.249. The molecule has 1 N–H and O–H groups in total. The SMILES string of the molecule is CCCCCC(C)NCCOC(=O)c1ccccc1.Cl. The predicted molar refractivity (Wildman–Crippen MR) is 85.6 cm³/mol. The zero-order chi connectivity index (χ0) is 13.9. The van der Waals surface area contributed by atoms with E-state index in [0.29, 0.717) is 24.8 Å². The van der Waals surface area contributed by atoms with Crippen molar-refractivity contribution in [1.29, 1.82) is 0 Å². The molecule has 0 fully saturated rings. The summed E-state index contributed by atoms with van der Waals surface area (Å²) in [4.78, 5) is 11.7. The molecule has 1 atom stereocenters. The Balaban J connectivity index is 0.00000361. The smallest absolute Gasteiger partial charge is 0.338 e. The molecule has 0 heterocycles. The number of rotatable bonds is 9. The molecule has 3 nitrogen and oxygen atoms in total. The molecule has 0 aliphatic carbocycles. The summed E-state index contributed by atoms with van der Waals surface area (Å²) < 4.78 is 5.20. The maximum atomic E-state index is 11.7. The number of benzene rings is 1. The van der Waals surface area contributed by atoms with Gasteiger partial charge in [-0.1, -0.05) is 44.4 Å². The third-order valence-corrected chi connectivity index (χ3v) is 3.08. The number of hydrogen-bond donors (Lipinski definition) is 1. The van der Waals surface area contributed by atoms with Crippen molar-refractivity contribution in [1.82, 2.24) is 5.32 Å². The van der Waals surface area contributed by atoms with Gasteiger partial charge >= 0.3 is 5.97 Å². The molecule has 114 valence electrons.